The molecule has 0 aliphatic carbocycles. The Morgan fingerprint density at radius 2 is 2.29 bits per heavy atom. The molecule has 0 heterocycles. The highest BCUT2D eigenvalue weighted by Gasteiger charge is 2.14. The van der Waals surface area contributed by atoms with Gasteiger partial charge in [-0.1, -0.05) is 11.6 Å². The van der Waals surface area contributed by atoms with Gasteiger partial charge < -0.3 is 5.11 Å². The molecule has 0 unspecified atom stereocenters. The molecule has 76 valence electrons. The monoisotopic (exact) mass is 215 g/mol. The first-order valence-corrected chi connectivity index (χ1v) is 4.49. The first-order chi connectivity index (χ1) is 6.50. The van der Waals surface area contributed by atoms with Crippen molar-refractivity contribution in [1.82, 2.24) is 0 Å². The van der Waals surface area contributed by atoms with E-state index < -0.39 is 11.0 Å². The Bertz CT molecular complexity index is 352. The molecule has 4 nitrogen and oxygen atoms in total. The van der Waals surface area contributed by atoms with Crippen molar-refractivity contribution in [3.63, 3.8) is 0 Å². The fourth-order valence-corrected chi connectivity index (χ4v) is 1.41. The van der Waals surface area contributed by atoms with Gasteiger partial charge in [0.1, 0.15) is 0 Å². The number of hydrogen-bond donors (Lipinski definition) is 1. The van der Waals surface area contributed by atoms with Crippen molar-refractivity contribution in [3.8, 4) is 0 Å². The second kappa shape index (κ2) is 4.39. The largest absolute Gasteiger partial charge is 0.393 e. The number of hydrogen-bond acceptors (Lipinski definition) is 3. The van der Waals surface area contributed by atoms with Crippen LogP contribution in [0.4, 0.5) is 5.69 Å². The van der Waals surface area contributed by atoms with Gasteiger partial charge in [0, 0.05) is 23.1 Å². The minimum Gasteiger partial charge on any atom is -0.393 e. The highest BCUT2D eigenvalue weighted by atomic mass is 35.5. The zero-order valence-corrected chi connectivity index (χ0v) is 8.36. The van der Waals surface area contributed by atoms with Crippen LogP contribution in [-0.4, -0.2) is 16.1 Å². The first-order valence-electron chi connectivity index (χ1n) is 4.11. The maximum absolute atomic E-state index is 10.6. The van der Waals surface area contributed by atoms with Crippen molar-refractivity contribution in [2.75, 3.05) is 0 Å². The van der Waals surface area contributed by atoms with Crippen molar-refractivity contribution in [1.29, 1.82) is 0 Å². The number of benzene rings is 1. The molecule has 14 heavy (non-hydrogen) atoms. The minimum absolute atomic E-state index is 0.00435. The van der Waals surface area contributed by atoms with Gasteiger partial charge in [0.15, 0.2) is 0 Å². The lowest BCUT2D eigenvalue weighted by atomic mass is 10.1. The molecule has 5 heteroatoms. The molecular weight excluding hydrogens is 206 g/mol. The maximum atomic E-state index is 10.6. The summed E-state index contributed by atoms with van der Waals surface area (Å²) in [6.45, 7) is 1.57. The average Bonchev–Trinajstić information content (AvgIpc) is 2.01. The molecule has 0 aliphatic rings. The van der Waals surface area contributed by atoms with E-state index in [0.717, 1.165) is 0 Å². The summed E-state index contributed by atoms with van der Waals surface area (Å²) in [4.78, 5) is 10.1. The molecule has 1 rings (SSSR count). The lowest BCUT2D eigenvalue weighted by Crippen LogP contribution is -2.06. The zero-order chi connectivity index (χ0) is 10.7. The third kappa shape index (κ3) is 2.68. The molecule has 0 saturated carbocycles. The molecule has 1 aromatic rings. The Balaban J connectivity index is 3.09. The molecule has 0 aliphatic heterocycles. The molecule has 0 spiro atoms. The zero-order valence-electron chi connectivity index (χ0n) is 7.61. The predicted octanol–water partition coefficient (Wildman–Crippen LogP) is 2.17. The second-order valence-electron chi connectivity index (χ2n) is 3.08. The van der Waals surface area contributed by atoms with E-state index in [1.165, 1.54) is 18.2 Å². The molecule has 1 aromatic carbocycles. The van der Waals surface area contributed by atoms with Gasteiger partial charge in [-0.25, -0.2) is 0 Å². The fourth-order valence-electron chi connectivity index (χ4n) is 1.21. The van der Waals surface area contributed by atoms with Gasteiger partial charge in [0.25, 0.3) is 5.69 Å². The van der Waals surface area contributed by atoms with E-state index in [4.69, 9.17) is 16.7 Å². The molecule has 0 amide bonds. The molecule has 1 N–H and O–H groups in total. The number of aliphatic hydroxyl groups excluding tert-OH is 1. The van der Waals surface area contributed by atoms with E-state index in [1.807, 2.05) is 0 Å². The number of nitro groups is 1. The Labute approximate surface area is 86.3 Å². The van der Waals surface area contributed by atoms with E-state index in [0.29, 0.717) is 10.6 Å². The standard InChI is InChI=1S/C9H10ClNO3/c1-6(12)4-7-5-8(10)2-3-9(7)11(13)14/h2-3,5-6,12H,4H2,1H3/t6-/m1/s1. The summed E-state index contributed by atoms with van der Waals surface area (Å²) in [6, 6.07) is 4.32. The van der Waals surface area contributed by atoms with Gasteiger partial charge in [0.05, 0.1) is 11.0 Å². The quantitative estimate of drug-likeness (QED) is 0.621. The summed E-state index contributed by atoms with van der Waals surface area (Å²) in [5, 5.41) is 20.2. The number of nitrogens with zero attached hydrogens (tertiary/aromatic N) is 1. The van der Waals surface area contributed by atoms with Crippen LogP contribution in [0.2, 0.25) is 5.02 Å². The van der Waals surface area contributed by atoms with Crippen molar-refractivity contribution in [3.05, 3.63) is 38.9 Å². The summed E-state index contributed by atoms with van der Waals surface area (Å²) in [7, 11) is 0. The summed E-state index contributed by atoms with van der Waals surface area (Å²) < 4.78 is 0. The van der Waals surface area contributed by atoms with Crippen LogP contribution in [0.5, 0.6) is 0 Å². The second-order valence-corrected chi connectivity index (χ2v) is 3.52. The van der Waals surface area contributed by atoms with Crippen LogP contribution in [0.3, 0.4) is 0 Å². The Hall–Kier alpha value is -1.13. The molecule has 0 radical (unpaired) electrons. The molecule has 0 aromatic heterocycles. The van der Waals surface area contributed by atoms with Gasteiger partial charge >= 0.3 is 0 Å². The van der Waals surface area contributed by atoms with E-state index in [1.54, 1.807) is 6.92 Å². The average molecular weight is 216 g/mol. The van der Waals surface area contributed by atoms with Gasteiger partial charge in [0.2, 0.25) is 0 Å². The van der Waals surface area contributed by atoms with Crippen LogP contribution in [0.15, 0.2) is 18.2 Å². The maximum Gasteiger partial charge on any atom is 0.272 e. The summed E-state index contributed by atoms with van der Waals surface area (Å²) in [5.41, 5.74) is 0.452. The molecule has 0 saturated heterocycles. The molecule has 0 bridgehead atoms. The van der Waals surface area contributed by atoms with Crippen LogP contribution in [0.25, 0.3) is 0 Å². The van der Waals surface area contributed by atoms with Crippen LogP contribution >= 0.6 is 11.6 Å². The van der Waals surface area contributed by atoms with Gasteiger partial charge in [-0.15, -0.1) is 0 Å². The van der Waals surface area contributed by atoms with Crippen LogP contribution in [0.1, 0.15) is 12.5 Å². The normalized spacial score (nSPS) is 12.5. The van der Waals surface area contributed by atoms with E-state index in [2.05, 4.69) is 0 Å². The van der Waals surface area contributed by atoms with Crippen LogP contribution in [0, 0.1) is 10.1 Å². The lowest BCUT2D eigenvalue weighted by molar-refractivity contribution is -0.385. The number of halogens is 1. The topological polar surface area (TPSA) is 63.4 Å². The van der Waals surface area contributed by atoms with Crippen molar-refractivity contribution in [2.45, 2.75) is 19.4 Å². The summed E-state index contributed by atoms with van der Waals surface area (Å²) in [6.07, 6.45) is -0.385. The van der Waals surface area contributed by atoms with Crippen molar-refractivity contribution < 1.29 is 10.0 Å². The molecule has 0 fully saturated rings. The minimum atomic E-state index is -0.618. The molecular formula is C9H10ClNO3. The van der Waals surface area contributed by atoms with Crippen LogP contribution in [-0.2, 0) is 6.42 Å². The summed E-state index contributed by atoms with van der Waals surface area (Å²) >= 11 is 5.70. The number of nitro benzene ring substituents is 1. The smallest absolute Gasteiger partial charge is 0.272 e. The van der Waals surface area contributed by atoms with Crippen LogP contribution < -0.4 is 0 Å². The van der Waals surface area contributed by atoms with E-state index in [9.17, 15) is 10.1 Å². The Kier molecular flexibility index (Phi) is 3.43. The lowest BCUT2D eigenvalue weighted by Gasteiger charge is -2.05. The Morgan fingerprint density at radius 1 is 1.64 bits per heavy atom. The highest BCUT2D eigenvalue weighted by molar-refractivity contribution is 6.30. The van der Waals surface area contributed by atoms with Crippen molar-refractivity contribution in [2.24, 2.45) is 0 Å². The Morgan fingerprint density at radius 3 is 2.79 bits per heavy atom. The van der Waals surface area contributed by atoms with Crippen molar-refractivity contribution >= 4 is 17.3 Å². The SMILES string of the molecule is C[C@@H](O)Cc1cc(Cl)ccc1[N+](=O)[O-]. The van der Waals surface area contributed by atoms with Gasteiger partial charge in [-0.3, -0.25) is 10.1 Å². The number of aliphatic hydroxyl groups is 1. The van der Waals surface area contributed by atoms with E-state index in [-0.39, 0.29) is 12.1 Å². The third-order valence-electron chi connectivity index (χ3n) is 1.75. The third-order valence-corrected chi connectivity index (χ3v) is 1.99. The number of rotatable bonds is 3. The predicted molar refractivity (Wildman–Crippen MR) is 53.5 cm³/mol. The van der Waals surface area contributed by atoms with Gasteiger partial charge in [-0.2, -0.15) is 0 Å². The van der Waals surface area contributed by atoms with E-state index >= 15 is 0 Å². The highest BCUT2D eigenvalue weighted by Crippen LogP contribution is 2.23. The first kappa shape index (κ1) is 10.9. The summed E-state index contributed by atoms with van der Waals surface area (Å²) in [5.74, 6) is 0. The van der Waals surface area contributed by atoms with Gasteiger partial charge in [-0.05, 0) is 19.1 Å². The fraction of sp³-hybridized carbons (Fsp3) is 0.333. The molecule has 1 atom stereocenters.